The zero-order valence-corrected chi connectivity index (χ0v) is 22.1. The number of non-ortho nitro benzene ring substituents is 1. The number of carbonyl (C=O) groups excluding carboxylic acids is 2. The van der Waals surface area contributed by atoms with E-state index in [4.69, 9.17) is 9.84 Å². The number of nitro benzene ring substituents is 1. The molecule has 2 atom stereocenters. The minimum Gasteiger partial charge on any atom is -0.485 e. The largest absolute Gasteiger partial charge is 0.485 e. The number of ether oxygens (including phenoxy) is 1. The van der Waals surface area contributed by atoms with E-state index in [1.165, 1.54) is 12.1 Å². The van der Waals surface area contributed by atoms with Gasteiger partial charge in [-0.1, -0.05) is 62.4 Å². The molecule has 0 spiro atoms. The Bertz CT molecular complexity index is 1650. The van der Waals surface area contributed by atoms with Crippen LogP contribution in [-0.4, -0.2) is 32.4 Å². The molecule has 0 amide bonds. The molecular formula is C32H27N3O5. The van der Waals surface area contributed by atoms with Crippen molar-refractivity contribution in [3.05, 3.63) is 124 Å². The standard InChI is InChI=1S/C32H27N3O5/c1-32(2)17-25(36)28-26(18-32)40-31(30(37)21-9-5-3-6-10-21)27(28)24-19-34(22-11-7-4-8-12-22)33-29(24)20-13-15-23(16-14-20)35(38)39/h3-16,19,27,31H,17-18H2,1-2H3/t27-,31-/m0/s1. The molecule has 0 fully saturated rings. The summed E-state index contributed by atoms with van der Waals surface area (Å²) in [5.41, 5.74) is 3.31. The molecule has 1 aliphatic carbocycles. The molecule has 0 unspecified atom stereocenters. The number of nitro groups is 1. The molecule has 1 aromatic heterocycles. The number of benzene rings is 3. The third kappa shape index (κ3) is 4.51. The average Bonchev–Trinajstić information content (AvgIpc) is 3.55. The fourth-order valence-corrected chi connectivity index (χ4v) is 5.69. The van der Waals surface area contributed by atoms with Crippen molar-refractivity contribution in [3.8, 4) is 16.9 Å². The number of para-hydroxylation sites is 1. The van der Waals surface area contributed by atoms with Gasteiger partial charge in [0.1, 0.15) is 5.76 Å². The molecule has 0 bridgehead atoms. The zero-order valence-electron chi connectivity index (χ0n) is 22.1. The first-order valence-corrected chi connectivity index (χ1v) is 13.1. The summed E-state index contributed by atoms with van der Waals surface area (Å²) in [6.07, 6.45) is 1.78. The van der Waals surface area contributed by atoms with E-state index in [0.29, 0.717) is 46.6 Å². The van der Waals surface area contributed by atoms with Crippen LogP contribution in [-0.2, 0) is 9.53 Å². The van der Waals surface area contributed by atoms with E-state index in [1.807, 2.05) is 56.4 Å². The van der Waals surface area contributed by atoms with Crippen LogP contribution in [0.25, 0.3) is 16.9 Å². The Labute approximate surface area is 231 Å². The van der Waals surface area contributed by atoms with Gasteiger partial charge in [0.15, 0.2) is 11.9 Å². The highest BCUT2D eigenvalue weighted by molar-refractivity contribution is 6.06. The summed E-state index contributed by atoms with van der Waals surface area (Å²) in [5.74, 6) is -0.383. The van der Waals surface area contributed by atoms with Gasteiger partial charge in [0.2, 0.25) is 5.78 Å². The van der Waals surface area contributed by atoms with E-state index in [-0.39, 0.29) is 22.7 Å². The third-order valence-corrected chi connectivity index (χ3v) is 7.53. The number of hydrogen-bond donors (Lipinski definition) is 0. The van der Waals surface area contributed by atoms with Crippen molar-refractivity contribution in [2.75, 3.05) is 0 Å². The summed E-state index contributed by atoms with van der Waals surface area (Å²) in [5, 5.41) is 16.2. The number of ketones is 2. The van der Waals surface area contributed by atoms with E-state index in [2.05, 4.69) is 0 Å². The SMILES string of the molecule is CC1(C)CC(=O)C2=C(C1)O[C@H](C(=O)c1ccccc1)[C@H]2c1cn(-c2ccccc2)nc1-c1ccc([N+](=O)[O-])cc1. The van der Waals surface area contributed by atoms with Crippen LogP contribution in [0.3, 0.4) is 0 Å². The predicted molar refractivity (Wildman–Crippen MR) is 149 cm³/mol. The molecular weight excluding hydrogens is 506 g/mol. The zero-order chi connectivity index (χ0) is 28.0. The van der Waals surface area contributed by atoms with Gasteiger partial charge in [0.05, 0.1) is 22.2 Å². The van der Waals surface area contributed by atoms with Crippen molar-refractivity contribution in [2.45, 2.75) is 38.7 Å². The third-order valence-electron chi connectivity index (χ3n) is 7.53. The highest BCUT2D eigenvalue weighted by Crippen LogP contribution is 2.51. The van der Waals surface area contributed by atoms with Crippen molar-refractivity contribution in [1.29, 1.82) is 0 Å². The Morgan fingerprint density at radius 3 is 2.27 bits per heavy atom. The molecule has 0 radical (unpaired) electrons. The quantitative estimate of drug-likeness (QED) is 0.160. The van der Waals surface area contributed by atoms with Crippen LogP contribution < -0.4 is 0 Å². The van der Waals surface area contributed by atoms with Gasteiger partial charge >= 0.3 is 0 Å². The van der Waals surface area contributed by atoms with Crippen LogP contribution in [0.5, 0.6) is 0 Å². The number of nitrogens with zero attached hydrogens (tertiary/aromatic N) is 3. The molecule has 0 N–H and O–H groups in total. The van der Waals surface area contributed by atoms with Crippen molar-refractivity contribution in [2.24, 2.45) is 5.41 Å². The first-order valence-electron chi connectivity index (χ1n) is 13.1. The topological polar surface area (TPSA) is 104 Å². The number of allylic oxidation sites excluding steroid dienone is 1. The fourth-order valence-electron chi connectivity index (χ4n) is 5.69. The van der Waals surface area contributed by atoms with Crippen molar-refractivity contribution in [3.63, 3.8) is 0 Å². The van der Waals surface area contributed by atoms with Gasteiger partial charge in [0, 0.05) is 53.4 Å². The lowest BCUT2D eigenvalue weighted by Crippen LogP contribution is -2.29. The molecule has 8 nitrogen and oxygen atoms in total. The molecule has 2 heterocycles. The maximum Gasteiger partial charge on any atom is 0.269 e. The minimum atomic E-state index is -0.949. The summed E-state index contributed by atoms with van der Waals surface area (Å²) in [4.78, 5) is 38.4. The van der Waals surface area contributed by atoms with Crippen molar-refractivity contribution >= 4 is 17.3 Å². The number of hydrogen-bond acceptors (Lipinski definition) is 6. The monoisotopic (exact) mass is 533 g/mol. The predicted octanol–water partition coefficient (Wildman–Crippen LogP) is 6.46. The lowest BCUT2D eigenvalue weighted by Gasteiger charge is -2.29. The van der Waals surface area contributed by atoms with Gasteiger partial charge in [0.25, 0.3) is 5.69 Å². The number of carbonyl (C=O) groups is 2. The molecule has 40 heavy (non-hydrogen) atoms. The summed E-state index contributed by atoms with van der Waals surface area (Å²) >= 11 is 0. The van der Waals surface area contributed by atoms with Gasteiger partial charge in [-0.05, 0) is 29.7 Å². The number of rotatable bonds is 6. The Morgan fingerprint density at radius 1 is 0.975 bits per heavy atom. The van der Waals surface area contributed by atoms with Crippen LogP contribution >= 0.6 is 0 Å². The van der Waals surface area contributed by atoms with Crippen LogP contribution in [0.1, 0.15) is 48.5 Å². The van der Waals surface area contributed by atoms with Crippen molar-refractivity contribution < 1.29 is 19.2 Å². The summed E-state index contributed by atoms with van der Waals surface area (Å²) < 4.78 is 8.11. The van der Waals surface area contributed by atoms with Crippen LogP contribution in [0.15, 0.2) is 102 Å². The molecule has 2 aliphatic rings. The van der Waals surface area contributed by atoms with Gasteiger partial charge in [-0.25, -0.2) is 4.68 Å². The molecule has 0 saturated heterocycles. The van der Waals surface area contributed by atoms with Crippen LogP contribution in [0.4, 0.5) is 5.69 Å². The Hall–Kier alpha value is -4.85. The molecule has 0 saturated carbocycles. The highest BCUT2D eigenvalue weighted by atomic mass is 16.6. The van der Waals surface area contributed by atoms with E-state index in [9.17, 15) is 19.7 Å². The second-order valence-corrected chi connectivity index (χ2v) is 11.0. The van der Waals surface area contributed by atoms with Gasteiger partial charge in [-0.3, -0.25) is 19.7 Å². The second-order valence-electron chi connectivity index (χ2n) is 11.0. The molecule has 6 rings (SSSR count). The molecule has 3 aromatic carbocycles. The molecule has 1 aliphatic heterocycles. The van der Waals surface area contributed by atoms with Crippen molar-refractivity contribution in [1.82, 2.24) is 9.78 Å². The summed E-state index contributed by atoms with van der Waals surface area (Å²) in [7, 11) is 0. The fraction of sp³-hybridized carbons (Fsp3) is 0.219. The van der Waals surface area contributed by atoms with Gasteiger partial charge in [-0.2, -0.15) is 5.10 Å². The normalized spacial score (nSPS) is 19.7. The van der Waals surface area contributed by atoms with E-state index >= 15 is 0 Å². The lowest BCUT2D eigenvalue weighted by atomic mass is 9.72. The van der Waals surface area contributed by atoms with E-state index < -0.39 is 16.9 Å². The van der Waals surface area contributed by atoms with E-state index in [0.717, 1.165) is 5.69 Å². The Morgan fingerprint density at radius 2 is 1.62 bits per heavy atom. The molecule has 4 aromatic rings. The molecule has 200 valence electrons. The first kappa shape index (κ1) is 25.4. The van der Waals surface area contributed by atoms with Gasteiger partial charge in [-0.15, -0.1) is 0 Å². The number of Topliss-reactive ketones (excluding diaryl/α,β-unsaturated/α-hetero) is 2. The van der Waals surface area contributed by atoms with Crippen LogP contribution in [0.2, 0.25) is 0 Å². The van der Waals surface area contributed by atoms with E-state index in [1.54, 1.807) is 41.1 Å². The maximum atomic E-state index is 13.9. The van der Waals surface area contributed by atoms with Crippen LogP contribution in [0, 0.1) is 15.5 Å². The lowest BCUT2D eigenvalue weighted by molar-refractivity contribution is -0.384. The molecule has 8 heteroatoms. The smallest absolute Gasteiger partial charge is 0.269 e. The maximum absolute atomic E-state index is 13.9. The minimum absolute atomic E-state index is 0.0381. The highest BCUT2D eigenvalue weighted by Gasteiger charge is 2.50. The van der Waals surface area contributed by atoms with Gasteiger partial charge < -0.3 is 4.74 Å². The average molecular weight is 534 g/mol. The summed E-state index contributed by atoms with van der Waals surface area (Å²) in [6, 6.07) is 24.6. The Kier molecular flexibility index (Phi) is 6.18. The second kappa shape index (κ2) is 9.72. The summed E-state index contributed by atoms with van der Waals surface area (Å²) in [6.45, 7) is 4.05. The Balaban J connectivity index is 1.55. The first-order chi connectivity index (χ1) is 19.2. The number of aromatic nitrogens is 2.